The van der Waals surface area contributed by atoms with Gasteiger partial charge in [-0.25, -0.2) is 15.0 Å². The van der Waals surface area contributed by atoms with Crippen LogP contribution in [-0.4, -0.2) is 25.3 Å². The van der Waals surface area contributed by atoms with E-state index in [0.29, 0.717) is 17.3 Å². The molecule has 0 N–H and O–H groups in total. The lowest BCUT2D eigenvalue weighted by atomic mass is 9.89. The van der Waals surface area contributed by atoms with Crippen molar-refractivity contribution >= 4 is 17.1 Å². The zero-order valence-corrected chi connectivity index (χ0v) is 12.1. The van der Waals surface area contributed by atoms with Gasteiger partial charge in [0.2, 0.25) is 0 Å². The predicted octanol–water partition coefficient (Wildman–Crippen LogP) is 2.92. The van der Waals surface area contributed by atoms with Crippen LogP contribution in [0.1, 0.15) is 55.3 Å². The van der Waals surface area contributed by atoms with Gasteiger partial charge >= 0.3 is 0 Å². The molecule has 0 saturated heterocycles. The first-order valence-corrected chi connectivity index (χ1v) is 7.36. The zero-order valence-electron chi connectivity index (χ0n) is 12.1. The van der Waals surface area contributed by atoms with Crippen LogP contribution in [0.3, 0.4) is 0 Å². The second-order valence-electron chi connectivity index (χ2n) is 5.73. The van der Waals surface area contributed by atoms with Crippen LogP contribution in [0.25, 0.3) is 11.3 Å². The smallest absolute Gasteiger partial charge is 0.197 e. The van der Waals surface area contributed by atoms with Gasteiger partial charge in [0.25, 0.3) is 0 Å². The molecule has 0 radical (unpaired) electrons. The average molecular weight is 272 g/mol. The minimum absolute atomic E-state index is 0.0533. The molecule has 0 bridgehead atoms. The Bertz CT molecular complexity index is 641. The van der Waals surface area contributed by atoms with Crippen molar-refractivity contribution in [1.29, 1.82) is 0 Å². The highest BCUT2D eigenvalue weighted by Crippen LogP contribution is 2.26. The molecule has 2 aromatic heterocycles. The fraction of sp³-hybridized carbons (Fsp3) is 0.600. The minimum atomic E-state index is -0.0533. The summed E-state index contributed by atoms with van der Waals surface area (Å²) in [5.41, 5.74) is 1.81. The summed E-state index contributed by atoms with van der Waals surface area (Å²) < 4.78 is 2.13. The molecule has 1 aliphatic rings. The first-order valence-electron chi connectivity index (χ1n) is 7.36. The van der Waals surface area contributed by atoms with Crippen LogP contribution in [0.5, 0.6) is 0 Å². The highest BCUT2D eigenvalue weighted by atomic mass is 16.1. The van der Waals surface area contributed by atoms with Crippen molar-refractivity contribution < 1.29 is 4.79 Å². The van der Waals surface area contributed by atoms with E-state index in [1.54, 1.807) is 0 Å². The van der Waals surface area contributed by atoms with Crippen molar-refractivity contribution in [3.8, 4) is 0 Å². The van der Waals surface area contributed by atoms with Gasteiger partial charge in [0.15, 0.2) is 17.1 Å². The molecule has 3 rings (SSSR count). The van der Waals surface area contributed by atoms with Crippen LogP contribution in [0.2, 0.25) is 0 Å². The van der Waals surface area contributed by atoms with Crippen LogP contribution in [0.4, 0.5) is 0 Å². The van der Waals surface area contributed by atoms with Crippen LogP contribution in [-0.2, 0) is 6.54 Å². The number of aryl methyl sites for hydroxylation is 1. The van der Waals surface area contributed by atoms with Gasteiger partial charge in [-0.3, -0.25) is 4.79 Å². The molecule has 5 heteroatoms. The molecule has 0 unspecified atom stereocenters. The standard InChI is InChI=1S/C15H20N4O/c1-10(20)13-8-16-14-15(18-13)19(11(2)17-14)9-12-6-4-3-5-7-12/h8,12H,3-7,9H2,1-2H3. The molecule has 20 heavy (non-hydrogen) atoms. The Morgan fingerprint density at radius 3 is 2.75 bits per heavy atom. The van der Waals surface area contributed by atoms with Crippen molar-refractivity contribution in [3.63, 3.8) is 0 Å². The van der Waals surface area contributed by atoms with Gasteiger partial charge in [0.1, 0.15) is 11.5 Å². The number of rotatable bonds is 3. The van der Waals surface area contributed by atoms with E-state index in [0.717, 1.165) is 18.0 Å². The summed E-state index contributed by atoms with van der Waals surface area (Å²) in [7, 11) is 0. The maximum Gasteiger partial charge on any atom is 0.197 e. The molecular formula is C15H20N4O. The minimum Gasteiger partial charge on any atom is -0.311 e. The number of Topliss-reactive ketones (excluding diaryl/α,β-unsaturated/α-hetero) is 1. The molecule has 106 valence electrons. The Morgan fingerprint density at radius 1 is 1.30 bits per heavy atom. The molecule has 2 heterocycles. The van der Waals surface area contributed by atoms with Gasteiger partial charge in [-0.15, -0.1) is 0 Å². The Balaban J connectivity index is 1.97. The molecule has 5 nitrogen and oxygen atoms in total. The quantitative estimate of drug-likeness (QED) is 0.806. The maximum absolute atomic E-state index is 11.5. The summed E-state index contributed by atoms with van der Waals surface area (Å²) in [6, 6.07) is 0. The van der Waals surface area contributed by atoms with E-state index in [1.807, 2.05) is 6.92 Å². The highest BCUT2D eigenvalue weighted by molar-refractivity contribution is 5.93. The van der Waals surface area contributed by atoms with Crippen molar-refractivity contribution in [2.45, 2.75) is 52.5 Å². The highest BCUT2D eigenvalue weighted by Gasteiger charge is 2.18. The Kier molecular flexibility index (Phi) is 3.51. The van der Waals surface area contributed by atoms with Gasteiger partial charge < -0.3 is 4.57 Å². The summed E-state index contributed by atoms with van der Waals surface area (Å²) in [6.07, 6.45) is 8.07. The van der Waals surface area contributed by atoms with Gasteiger partial charge in [-0.05, 0) is 25.7 Å². The zero-order chi connectivity index (χ0) is 14.1. The van der Waals surface area contributed by atoms with Crippen molar-refractivity contribution in [1.82, 2.24) is 19.5 Å². The largest absolute Gasteiger partial charge is 0.311 e. The number of nitrogens with zero attached hydrogens (tertiary/aromatic N) is 4. The first-order chi connectivity index (χ1) is 9.65. The molecular weight excluding hydrogens is 252 g/mol. The number of carbonyl (C=O) groups is 1. The Morgan fingerprint density at radius 2 is 2.05 bits per heavy atom. The van der Waals surface area contributed by atoms with Gasteiger partial charge in [-0.2, -0.15) is 0 Å². The number of fused-ring (bicyclic) bond motifs is 1. The monoisotopic (exact) mass is 272 g/mol. The van der Waals surface area contributed by atoms with E-state index >= 15 is 0 Å². The molecule has 0 spiro atoms. The fourth-order valence-electron chi connectivity index (χ4n) is 3.02. The van der Waals surface area contributed by atoms with E-state index in [-0.39, 0.29) is 5.78 Å². The van der Waals surface area contributed by atoms with Crippen molar-refractivity contribution in [2.75, 3.05) is 0 Å². The summed E-state index contributed by atoms with van der Waals surface area (Å²) in [6.45, 7) is 4.45. The Hall–Kier alpha value is -1.78. The third kappa shape index (κ3) is 2.44. The van der Waals surface area contributed by atoms with E-state index in [2.05, 4.69) is 19.5 Å². The van der Waals surface area contributed by atoms with Gasteiger partial charge in [0.05, 0.1) is 6.20 Å². The molecule has 1 saturated carbocycles. The lowest BCUT2D eigenvalue weighted by Gasteiger charge is -2.22. The molecule has 0 amide bonds. The van der Waals surface area contributed by atoms with Crippen LogP contribution in [0, 0.1) is 12.8 Å². The van der Waals surface area contributed by atoms with Crippen molar-refractivity contribution in [3.05, 3.63) is 17.7 Å². The summed E-state index contributed by atoms with van der Waals surface area (Å²) in [5, 5.41) is 0. The topological polar surface area (TPSA) is 60.7 Å². The third-order valence-corrected chi connectivity index (χ3v) is 4.18. The molecule has 0 atom stereocenters. The molecule has 1 aliphatic carbocycles. The number of imidazole rings is 1. The average Bonchev–Trinajstić information content (AvgIpc) is 2.75. The van der Waals surface area contributed by atoms with E-state index in [4.69, 9.17) is 0 Å². The molecule has 2 aromatic rings. The number of aromatic nitrogens is 4. The van der Waals surface area contributed by atoms with E-state index in [9.17, 15) is 4.79 Å². The fourth-order valence-corrected chi connectivity index (χ4v) is 3.02. The number of carbonyl (C=O) groups excluding carboxylic acids is 1. The molecule has 0 aromatic carbocycles. The van der Waals surface area contributed by atoms with Gasteiger partial charge in [-0.1, -0.05) is 19.3 Å². The lowest BCUT2D eigenvalue weighted by molar-refractivity contribution is 0.101. The second-order valence-corrected chi connectivity index (χ2v) is 5.73. The SMILES string of the molecule is CC(=O)c1cnc2nc(C)n(CC3CCCCC3)c2n1. The normalized spacial score (nSPS) is 16.7. The number of hydrogen-bond donors (Lipinski definition) is 0. The summed E-state index contributed by atoms with van der Waals surface area (Å²) in [4.78, 5) is 24.6. The third-order valence-electron chi connectivity index (χ3n) is 4.18. The van der Waals surface area contributed by atoms with Gasteiger partial charge in [0, 0.05) is 13.5 Å². The van der Waals surface area contributed by atoms with E-state index < -0.39 is 0 Å². The van der Waals surface area contributed by atoms with Crippen LogP contribution in [0.15, 0.2) is 6.20 Å². The molecule has 0 aliphatic heterocycles. The van der Waals surface area contributed by atoms with E-state index in [1.165, 1.54) is 45.2 Å². The lowest BCUT2D eigenvalue weighted by Crippen LogP contribution is -2.15. The predicted molar refractivity (Wildman–Crippen MR) is 76.6 cm³/mol. The number of hydrogen-bond acceptors (Lipinski definition) is 4. The summed E-state index contributed by atoms with van der Waals surface area (Å²) >= 11 is 0. The van der Waals surface area contributed by atoms with Crippen LogP contribution >= 0.6 is 0 Å². The Labute approximate surface area is 118 Å². The van der Waals surface area contributed by atoms with Crippen LogP contribution < -0.4 is 0 Å². The first kappa shape index (κ1) is 13.2. The molecule has 1 fully saturated rings. The second kappa shape index (κ2) is 5.31. The number of ketones is 1. The van der Waals surface area contributed by atoms with Crippen molar-refractivity contribution in [2.24, 2.45) is 5.92 Å². The maximum atomic E-state index is 11.5. The summed E-state index contributed by atoms with van der Waals surface area (Å²) in [5.74, 6) is 1.58.